The van der Waals surface area contributed by atoms with Gasteiger partial charge < -0.3 is 15.4 Å². The van der Waals surface area contributed by atoms with Crippen LogP contribution in [-0.4, -0.2) is 60.3 Å². The fourth-order valence-electron chi connectivity index (χ4n) is 5.40. The molecule has 0 radical (unpaired) electrons. The van der Waals surface area contributed by atoms with Crippen molar-refractivity contribution in [2.45, 2.75) is 71.2 Å². The molecule has 1 saturated carbocycles. The van der Waals surface area contributed by atoms with Crippen molar-refractivity contribution in [2.24, 2.45) is 16.3 Å². The van der Waals surface area contributed by atoms with Crippen molar-refractivity contribution in [3.8, 4) is 0 Å². The van der Waals surface area contributed by atoms with Gasteiger partial charge in [-0.1, -0.05) is 19.9 Å². The quantitative estimate of drug-likeness (QED) is 0.349. The monoisotopic (exact) mass is 527 g/mol. The minimum absolute atomic E-state index is 0. The molecule has 1 aromatic heterocycles. The maximum atomic E-state index is 6.06. The van der Waals surface area contributed by atoms with Gasteiger partial charge in [-0.05, 0) is 44.7 Å². The molecule has 3 atom stereocenters. The van der Waals surface area contributed by atoms with E-state index in [2.05, 4.69) is 53.4 Å². The van der Waals surface area contributed by atoms with Crippen LogP contribution in [0.25, 0.3) is 0 Å². The number of aliphatic imine (C=N–C) groups is 1. The molecule has 3 heterocycles. The highest BCUT2D eigenvalue weighted by Crippen LogP contribution is 2.51. The Kier molecular flexibility index (Phi) is 8.38. The summed E-state index contributed by atoms with van der Waals surface area (Å²) in [5.74, 6) is 1.60. The van der Waals surface area contributed by atoms with Gasteiger partial charge in [-0.25, -0.2) is 0 Å². The average molecular weight is 527 g/mol. The standard InChI is InChI=1S/C23H37N5O.HI/c1-4-24-22(27-20-19-9-7-15-29-21(19)23(20,2)3)26-17-10-13-28(14-11-17)16-18-8-5-6-12-25-18;/h5-6,8,12,17,19-21H,4,7,9-11,13-16H2,1-3H3,(H2,24,26,27);1H. The number of nitrogens with zero attached hydrogens (tertiary/aromatic N) is 3. The Morgan fingerprint density at radius 3 is 2.73 bits per heavy atom. The number of halogens is 1. The van der Waals surface area contributed by atoms with Crippen LogP contribution in [0.4, 0.5) is 0 Å². The van der Waals surface area contributed by atoms with Crippen LogP contribution in [0.1, 0.15) is 52.1 Å². The molecule has 168 valence electrons. The number of ether oxygens (including phenoxy) is 1. The van der Waals surface area contributed by atoms with Crippen LogP contribution in [0.15, 0.2) is 29.4 Å². The van der Waals surface area contributed by atoms with E-state index in [4.69, 9.17) is 9.73 Å². The molecule has 0 spiro atoms. The van der Waals surface area contributed by atoms with E-state index in [0.29, 0.717) is 24.1 Å². The molecule has 3 unspecified atom stereocenters. The lowest BCUT2D eigenvalue weighted by molar-refractivity contribution is -0.188. The lowest BCUT2D eigenvalue weighted by Gasteiger charge is -2.60. The van der Waals surface area contributed by atoms with Crippen molar-refractivity contribution in [3.05, 3.63) is 30.1 Å². The molecule has 3 aliphatic rings. The zero-order valence-corrected chi connectivity index (χ0v) is 21.0. The highest BCUT2D eigenvalue weighted by Gasteiger charge is 2.58. The Bertz CT molecular complexity index is 690. The zero-order valence-electron chi connectivity index (χ0n) is 18.6. The Morgan fingerprint density at radius 2 is 2.03 bits per heavy atom. The molecule has 7 heteroatoms. The third-order valence-corrected chi connectivity index (χ3v) is 6.98. The summed E-state index contributed by atoms with van der Waals surface area (Å²) in [4.78, 5) is 11.7. The minimum Gasteiger partial charge on any atom is -0.377 e. The summed E-state index contributed by atoms with van der Waals surface area (Å²) in [7, 11) is 0. The van der Waals surface area contributed by atoms with Gasteiger partial charge in [0, 0.05) is 62.4 Å². The molecule has 2 aliphatic heterocycles. The van der Waals surface area contributed by atoms with Gasteiger partial charge in [0.25, 0.3) is 0 Å². The third kappa shape index (κ3) is 5.27. The second-order valence-corrected chi connectivity index (χ2v) is 9.38. The normalized spacial score (nSPS) is 29.3. The Balaban J connectivity index is 0.00000256. The van der Waals surface area contributed by atoms with Crippen LogP contribution in [0.2, 0.25) is 0 Å². The molecule has 3 fully saturated rings. The summed E-state index contributed by atoms with van der Waals surface area (Å²) >= 11 is 0. The van der Waals surface area contributed by atoms with E-state index in [-0.39, 0.29) is 29.4 Å². The zero-order chi connectivity index (χ0) is 20.3. The number of nitrogens with one attached hydrogen (secondary N) is 2. The van der Waals surface area contributed by atoms with Crippen LogP contribution in [0.3, 0.4) is 0 Å². The summed E-state index contributed by atoms with van der Waals surface area (Å²) in [6.07, 6.45) is 6.99. The lowest BCUT2D eigenvalue weighted by Crippen LogP contribution is -2.71. The first-order chi connectivity index (χ1) is 14.1. The van der Waals surface area contributed by atoms with E-state index in [1.54, 1.807) is 0 Å². The van der Waals surface area contributed by atoms with Crippen molar-refractivity contribution < 1.29 is 4.74 Å². The fraction of sp³-hybridized carbons (Fsp3) is 0.739. The van der Waals surface area contributed by atoms with Crippen molar-refractivity contribution in [3.63, 3.8) is 0 Å². The summed E-state index contributed by atoms with van der Waals surface area (Å²) in [6.45, 7) is 11.6. The smallest absolute Gasteiger partial charge is 0.191 e. The van der Waals surface area contributed by atoms with Gasteiger partial charge in [-0.2, -0.15) is 0 Å². The van der Waals surface area contributed by atoms with Crippen LogP contribution in [-0.2, 0) is 11.3 Å². The first-order valence-electron chi connectivity index (χ1n) is 11.4. The van der Waals surface area contributed by atoms with Crippen LogP contribution < -0.4 is 10.6 Å². The Hall–Kier alpha value is -0.930. The molecule has 1 aromatic rings. The lowest BCUT2D eigenvalue weighted by atomic mass is 9.55. The van der Waals surface area contributed by atoms with Gasteiger partial charge in [-0.3, -0.25) is 14.9 Å². The molecular weight excluding hydrogens is 489 g/mol. The molecule has 0 bridgehead atoms. The third-order valence-electron chi connectivity index (χ3n) is 6.98. The summed E-state index contributed by atoms with van der Waals surface area (Å²) in [5.41, 5.74) is 1.32. The van der Waals surface area contributed by atoms with Gasteiger partial charge in [0.1, 0.15) is 0 Å². The van der Waals surface area contributed by atoms with Crippen LogP contribution in [0, 0.1) is 11.3 Å². The highest BCUT2D eigenvalue weighted by atomic mass is 127. The second-order valence-electron chi connectivity index (χ2n) is 9.38. The van der Waals surface area contributed by atoms with Crippen LogP contribution in [0.5, 0.6) is 0 Å². The SMILES string of the molecule is CCN=C(NC1CCN(Cc2ccccn2)CC1)NC1C2CCCOC2C1(C)C.I. The highest BCUT2D eigenvalue weighted by molar-refractivity contribution is 14.0. The van der Waals surface area contributed by atoms with Gasteiger partial charge in [0.05, 0.1) is 11.8 Å². The van der Waals surface area contributed by atoms with E-state index < -0.39 is 0 Å². The first kappa shape index (κ1) is 23.7. The number of aromatic nitrogens is 1. The summed E-state index contributed by atoms with van der Waals surface area (Å²) in [5, 5.41) is 7.51. The average Bonchev–Trinajstić information content (AvgIpc) is 2.74. The van der Waals surface area contributed by atoms with Gasteiger partial charge in [-0.15, -0.1) is 24.0 Å². The molecule has 6 nitrogen and oxygen atoms in total. The Labute approximate surface area is 198 Å². The molecule has 0 amide bonds. The van der Waals surface area contributed by atoms with Crippen molar-refractivity contribution in [2.75, 3.05) is 26.2 Å². The molecule has 0 aromatic carbocycles. The predicted octanol–water partition coefficient (Wildman–Crippen LogP) is 3.42. The number of rotatable bonds is 5. The topological polar surface area (TPSA) is 61.8 Å². The largest absolute Gasteiger partial charge is 0.377 e. The van der Waals surface area contributed by atoms with E-state index in [0.717, 1.165) is 57.3 Å². The van der Waals surface area contributed by atoms with E-state index in [1.807, 2.05) is 12.3 Å². The number of hydrogen-bond acceptors (Lipinski definition) is 4. The van der Waals surface area contributed by atoms with Crippen LogP contribution >= 0.6 is 24.0 Å². The maximum Gasteiger partial charge on any atom is 0.191 e. The van der Waals surface area contributed by atoms with Crippen molar-refractivity contribution >= 4 is 29.9 Å². The summed E-state index contributed by atoms with van der Waals surface area (Å²) < 4.78 is 6.06. The number of hydrogen-bond donors (Lipinski definition) is 2. The Morgan fingerprint density at radius 1 is 1.23 bits per heavy atom. The number of pyridine rings is 1. The number of likely N-dealkylation sites (tertiary alicyclic amines) is 1. The van der Waals surface area contributed by atoms with E-state index in [9.17, 15) is 0 Å². The van der Waals surface area contributed by atoms with Gasteiger partial charge in [0.2, 0.25) is 0 Å². The predicted molar refractivity (Wildman–Crippen MR) is 132 cm³/mol. The summed E-state index contributed by atoms with van der Waals surface area (Å²) in [6, 6.07) is 7.08. The fourth-order valence-corrected chi connectivity index (χ4v) is 5.40. The van der Waals surface area contributed by atoms with Gasteiger partial charge >= 0.3 is 0 Å². The number of piperidine rings is 1. The number of guanidine groups is 1. The number of fused-ring (bicyclic) bond motifs is 1. The maximum absolute atomic E-state index is 6.06. The molecule has 30 heavy (non-hydrogen) atoms. The molecule has 4 rings (SSSR count). The van der Waals surface area contributed by atoms with E-state index >= 15 is 0 Å². The molecular formula is C23H38IN5O. The second kappa shape index (κ2) is 10.6. The molecule has 1 aliphatic carbocycles. The van der Waals surface area contributed by atoms with Crippen molar-refractivity contribution in [1.29, 1.82) is 0 Å². The van der Waals surface area contributed by atoms with Gasteiger partial charge in [0.15, 0.2) is 5.96 Å². The minimum atomic E-state index is 0. The molecule has 2 N–H and O–H groups in total. The van der Waals surface area contributed by atoms with Crippen molar-refractivity contribution in [1.82, 2.24) is 20.5 Å². The molecule has 2 saturated heterocycles. The first-order valence-corrected chi connectivity index (χ1v) is 11.4. The van der Waals surface area contributed by atoms with E-state index in [1.165, 1.54) is 12.8 Å².